The minimum absolute atomic E-state index is 0.0388. The summed E-state index contributed by atoms with van der Waals surface area (Å²) in [6, 6.07) is 9.05. The van der Waals surface area contributed by atoms with Gasteiger partial charge in [0, 0.05) is 11.0 Å². The summed E-state index contributed by atoms with van der Waals surface area (Å²) in [5.74, 6) is -0.431. The molecule has 2 bridgehead atoms. The summed E-state index contributed by atoms with van der Waals surface area (Å²) in [7, 11) is -4.22. The first-order valence-corrected chi connectivity index (χ1v) is 9.47. The Labute approximate surface area is 137 Å². The Balaban J connectivity index is 2.24. The number of allylic oxidation sites excluding steroid dienone is 1. The zero-order valence-corrected chi connectivity index (χ0v) is 14.5. The topological polar surface area (TPSA) is 71.4 Å². The van der Waals surface area contributed by atoms with E-state index in [0.29, 0.717) is 16.7 Å². The maximum absolute atomic E-state index is 13.1. The van der Waals surface area contributed by atoms with Crippen LogP contribution in [-0.4, -0.2) is 24.5 Å². The molecule has 0 spiro atoms. The van der Waals surface area contributed by atoms with E-state index in [4.69, 9.17) is 0 Å². The Bertz CT molecular complexity index is 790. The van der Waals surface area contributed by atoms with Gasteiger partial charge in [0.2, 0.25) is 0 Å². The van der Waals surface area contributed by atoms with Crippen molar-refractivity contribution in [1.82, 2.24) is 0 Å². The van der Waals surface area contributed by atoms with E-state index in [-0.39, 0.29) is 17.1 Å². The maximum atomic E-state index is 13.1. The molecule has 0 saturated heterocycles. The summed E-state index contributed by atoms with van der Waals surface area (Å²) >= 11 is 0. The lowest BCUT2D eigenvalue weighted by molar-refractivity contribution is -0.125. The van der Waals surface area contributed by atoms with Gasteiger partial charge < -0.3 is 0 Å². The Hall–Kier alpha value is -1.46. The van der Waals surface area contributed by atoms with Gasteiger partial charge in [-0.1, -0.05) is 51.1 Å². The van der Waals surface area contributed by atoms with Crippen molar-refractivity contribution in [3.8, 4) is 0 Å². The molecule has 2 aliphatic carbocycles. The maximum Gasteiger partial charge on any atom is 0.269 e. The van der Waals surface area contributed by atoms with Gasteiger partial charge in [-0.05, 0) is 35.3 Å². The molecule has 23 heavy (non-hydrogen) atoms. The quantitative estimate of drug-likeness (QED) is 0.680. The number of carbonyl (C=O) groups is 1. The van der Waals surface area contributed by atoms with Crippen molar-refractivity contribution in [3.05, 3.63) is 41.5 Å². The van der Waals surface area contributed by atoms with Gasteiger partial charge in [-0.15, -0.1) is 0 Å². The molecule has 0 aromatic heterocycles. The SMILES string of the molecule is CC12CCC(C(=C(CS(=O)(=O)O)c3ccccc3)C1=O)C2(C)C. The Morgan fingerprint density at radius 1 is 1.22 bits per heavy atom. The first kappa shape index (κ1) is 16.4. The summed E-state index contributed by atoms with van der Waals surface area (Å²) in [5.41, 5.74) is 1.11. The summed E-state index contributed by atoms with van der Waals surface area (Å²) in [6.45, 7) is 6.16. The fourth-order valence-electron chi connectivity index (χ4n) is 4.35. The molecule has 2 saturated carbocycles. The van der Waals surface area contributed by atoms with Crippen LogP contribution < -0.4 is 0 Å². The molecule has 124 valence electrons. The molecule has 0 amide bonds. The third-order valence-corrected chi connectivity index (χ3v) is 6.75. The van der Waals surface area contributed by atoms with Gasteiger partial charge in [0.25, 0.3) is 10.1 Å². The van der Waals surface area contributed by atoms with Gasteiger partial charge in [0.1, 0.15) is 5.75 Å². The van der Waals surface area contributed by atoms with Gasteiger partial charge in [-0.2, -0.15) is 8.42 Å². The molecular formula is C18H22O4S. The highest BCUT2D eigenvalue weighted by Crippen LogP contribution is 2.66. The largest absolute Gasteiger partial charge is 0.294 e. The van der Waals surface area contributed by atoms with Crippen LogP contribution in [0.4, 0.5) is 0 Å². The van der Waals surface area contributed by atoms with Gasteiger partial charge in [0.15, 0.2) is 5.78 Å². The van der Waals surface area contributed by atoms with Gasteiger partial charge >= 0.3 is 0 Å². The molecule has 2 unspecified atom stereocenters. The third kappa shape index (κ3) is 2.37. The number of hydrogen-bond acceptors (Lipinski definition) is 3. The van der Waals surface area contributed by atoms with E-state index in [2.05, 4.69) is 13.8 Å². The molecule has 2 aliphatic rings. The summed E-state index contributed by atoms with van der Waals surface area (Å²) in [5, 5.41) is 0. The van der Waals surface area contributed by atoms with Crippen molar-refractivity contribution >= 4 is 21.5 Å². The molecule has 1 aromatic rings. The Kier molecular flexibility index (Phi) is 3.58. The van der Waals surface area contributed by atoms with Gasteiger partial charge in [-0.3, -0.25) is 9.35 Å². The van der Waals surface area contributed by atoms with E-state index in [1.807, 2.05) is 25.1 Å². The average molecular weight is 334 g/mol. The predicted octanol–water partition coefficient (Wildman–Crippen LogP) is 3.35. The number of Topliss-reactive ketones (excluding diaryl/α,β-unsaturated/α-hetero) is 1. The van der Waals surface area contributed by atoms with E-state index in [1.165, 1.54) is 0 Å². The molecule has 0 aliphatic heterocycles. The van der Waals surface area contributed by atoms with Crippen LogP contribution in [0.2, 0.25) is 0 Å². The lowest BCUT2D eigenvalue weighted by Crippen LogP contribution is -2.32. The second kappa shape index (κ2) is 5.02. The van der Waals surface area contributed by atoms with Crippen LogP contribution in [0.15, 0.2) is 35.9 Å². The summed E-state index contributed by atoms with van der Waals surface area (Å²) < 4.78 is 32.5. The molecule has 5 heteroatoms. The van der Waals surface area contributed by atoms with E-state index < -0.39 is 21.3 Å². The second-order valence-electron chi connectivity index (χ2n) is 7.46. The van der Waals surface area contributed by atoms with Crippen LogP contribution in [0, 0.1) is 16.7 Å². The first-order chi connectivity index (χ1) is 10.6. The first-order valence-electron chi connectivity index (χ1n) is 7.86. The highest BCUT2D eigenvalue weighted by atomic mass is 32.2. The second-order valence-corrected chi connectivity index (χ2v) is 8.91. The number of fused-ring (bicyclic) bond motifs is 2. The van der Waals surface area contributed by atoms with Crippen molar-refractivity contribution < 1.29 is 17.8 Å². The monoisotopic (exact) mass is 334 g/mol. The molecule has 0 heterocycles. The minimum atomic E-state index is -4.22. The van der Waals surface area contributed by atoms with Crippen LogP contribution in [-0.2, 0) is 14.9 Å². The molecule has 1 aromatic carbocycles. The molecule has 2 atom stereocenters. The number of rotatable bonds is 3. The van der Waals surface area contributed by atoms with E-state index in [0.717, 1.165) is 12.8 Å². The summed E-state index contributed by atoms with van der Waals surface area (Å²) in [4.78, 5) is 13.1. The fraction of sp³-hybridized carbons (Fsp3) is 0.500. The van der Waals surface area contributed by atoms with Crippen LogP contribution in [0.3, 0.4) is 0 Å². The summed E-state index contributed by atoms with van der Waals surface area (Å²) in [6.07, 6.45) is 1.72. The van der Waals surface area contributed by atoms with Crippen LogP contribution >= 0.6 is 0 Å². The molecule has 4 nitrogen and oxygen atoms in total. The highest BCUT2D eigenvalue weighted by molar-refractivity contribution is 7.86. The van der Waals surface area contributed by atoms with E-state index in [9.17, 15) is 17.8 Å². The molecule has 2 fully saturated rings. The minimum Gasteiger partial charge on any atom is -0.294 e. The number of ketones is 1. The average Bonchev–Trinajstić information content (AvgIpc) is 2.77. The van der Waals surface area contributed by atoms with Crippen molar-refractivity contribution in [3.63, 3.8) is 0 Å². The van der Waals surface area contributed by atoms with Crippen molar-refractivity contribution in [2.45, 2.75) is 33.6 Å². The fourth-order valence-corrected chi connectivity index (χ4v) is 5.04. The standard InChI is InChI=1S/C18H22O4S/c1-17(2)14-9-10-18(17,3)16(19)15(14)13(11-23(20,21)22)12-7-5-4-6-8-12/h4-8,14H,9-11H2,1-3H3,(H,20,21,22). The smallest absolute Gasteiger partial charge is 0.269 e. The van der Waals surface area contributed by atoms with Crippen LogP contribution in [0.1, 0.15) is 39.2 Å². The van der Waals surface area contributed by atoms with E-state index in [1.54, 1.807) is 12.1 Å². The normalized spacial score (nSPS) is 31.5. The Morgan fingerprint density at radius 3 is 2.30 bits per heavy atom. The molecule has 0 radical (unpaired) electrons. The number of carbonyl (C=O) groups excluding carboxylic acids is 1. The predicted molar refractivity (Wildman–Crippen MR) is 89.4 cm³/mol. The zero-order valence-electron chi connectivity index (χ0n) is 13.7. The number of benzene rings is 1. The van der Waals surface area contributed by atoms with Crippen molar-refractivity contribution in [2.75, 3.05) is 5.75 Å². The third-order valence-electron chi connectivity index (χ3n) is 6.09. The molecular weight excluding hydrogens is 312 g/mol. The number of hydrogen-bond donors (Lipinski definition) is 1. The molecule has 3 rings (SSSR count). The lowest BCUT2D eigenvalue weighted by atomic mass is 9.70. The molecule has 1 N–H and O–H groups in total. The van der Waals surface area contributed by atoms with Crippen molar-refractivity contribution in [2.24, 2.45) is 16.7 Å². The van der Waals surface area contributed by atoms with Crippen LogP contribution in [0.25, 0.3) is 5.57 Å². The van der Waals surface area contributed by atoms with Crippen LogP contribution in [0.5, 0.6) is 0 Å². The van der Waals surface area contributed by atoms with Gasteiger partial charge in [0.05, 0.1) is 0 Å². The lowest BCUT2D eigenvalue weighted by Gasteiger charge is -2.31. The zero-order chi connectivity index (χ0) is 17.0. The van der Waals surface area contributed by atoms with Crippen molar-refractivity contribution in [1.29, 1.82) is 0 Å². The van der Waals surface area contributed by atoms with Gasteiger partial charge in [-0.25, -0.2) is 0 Å². The Morgan fingerprint density at radius 2 is 1.83 bits per heavy atom. The highest BCUT2D eigenvalue weighted by Gasteiger charge is 2.64. The van der Waals surface area contributed by atoms with E-state index >= 15 is 0 Å².